The zero-order chi connectivity index (χ0) is 9.68. The first-order valence-corrected chi connectivity index (χ1v) is 4.59. The summed E-state index contributed by atoms with van der Waals surface area (Å²) in [6.07, 6.45) is 1.46. The van der Waals surface area contributed by atoms with Crippen molar-refractivity contribution < 1.29 is 9.84 Å². The Bertz CT molecular complexity index is 274. The molecule has 0 atom stereocenters. The van der Waals surface area contributed by atoms with E-state index < -0.39 is 0 Å². The van der Waals surface area contributed by atoms with E-state index in [-0.39, 0.29) is 6.61 Å². The minimum absolute atomic E-state index is 0.175. The molecule has 0 aromatic heterocycles. The zero-order valence-corrected chi connectivity index (χ0v) is 8.34. The molecular weight excluding hydrogens is 188 g/mol. The first-order valence-electron chi connectivity index (χ1n) is 4.22. The normalized spacial score (nSPS) is 10.1. The number of benzene rings is 1. The van der Waals surface area contributed by atoms with E-state index in [4.69, 9.17) is 21.4 Å². The van der Waals surface area contributed by atoms with Gasteiger partial charge in [-0.3, -0.25) is 0 Å². The van der Waals surface area contributed by atoms with Crippen LogP contribution in [0.1, 0.15) is 12.0 Å². The van der Waals surface area contributed by atoms with Gasteiger partial charge in [0.2, 0.25) is 0 Å². The monoisotopic (exact) mass is 200 g/mol. The molecule has 0 unspecified atom stereocenters. The fourth-order valence-electron chi connectivity index (χ4n) is 1.23. The van der Waals surface area contributed by atoms with Crippen molar-refractivity contribution in [3.63, 3.8) is 0 Å². The van der Waals surface area contributed by atoms with Gasteiger partial charge in [-0.15, -0.1) is 0 Å². The van der Waals surface area contributed by atoms with Crippen molar-refractivity contribution in [2.24, 2.45) is 0 Å². The fraction of sp³-hybridized carbons (Fsp3) is 0.400. The minimum Gasteiger partial charge on any atom is -0.496 e. The topological polar surface area (TPSA) is 29.5 Å². The number of hydrogen-bond acceptors (Lipinski definition) is 2. The van der Waals surface area contributed by atoms with E-state index in [2.05, 4.69) is 0 Å². The predicted molar refractivity (Wildman–Crippen MR) is 53.4 cm³/mol. The maximum Gasteiger partial charge on any atom is 0.123 e. The number of rotatable bonds is 4. The number of ether oxygens (including phenoxy) is 1. The number of halogens is 1. The quantitative estimate of drug-likeness (QED) is 0.808. The molecular formula is C10H13ClO2. The smallest absolute Gasteiger partial charge is 0.123 e. The highest BCUT2D eigenvalue weighted by atomic mass is 35.5. The van der Waals surface area contributed by atoms with Gasteiger partial charge < -0.3 is 9.84 Å². The van der Waals surface area contributed by atoms with Crippen LogP contribution in [0.15, 0.2) is 18.2 Å². The Morgan fingerprint density at radius 1 is 1.46 bits per heavy atom. The lowest BCUT2D eigenvalue weighted by atomic mass is 10.1. The maximum atomic E-state index is 8.70. The third-order valence-corrected chi connectivity index (χ3v) is 2.23. The molecule has 0 saturated heterocycles. The molecule has 0 aliphatic rings. The molecule has 0 spiro atoms. The molecule has 0 aliphatic heterocycles. The average Bonchev–Trinajstić information content (AvgIpc) is 2.15. The van der Waals surface area contributed by atoms with Crippen LogP contribution in [0.4, 0.5) is 0 Å². The van der Waals surface area contributed by atoms with Gasteiger partial charge in [0.05, 0.1) is 7.11 Å². The highest BCUT2D eigenvalue weighted by Gasteiger charge is 2.05. The van der Waals surface area contributed by atoms with Crippen molar-refractivity contribution in [2.75, 3.05) is 13.7 Å². The fourth-order valence-corrected chi connectivity index (χ4v) is 1.49. The summed E-state index contributed by atoms with van der Waals surface area (Å²) >= 11 is 5.98. The molecule has 0 fully saturated rings. The van der Waals surface area contributed by atoms with Crippen molar-refractivity contribution in [2.45, 2.75) is 12.8 Å². The molecule has 1 aromatic carbocycles. The molecule has 0 heterocycles. The zero-order valence-electron chi connectivity index (χ0n) is 7.59. The molecule has 3 heteroatoms. The number of hydrogen-bond donors (Lipinski definition) is 1. The number of aliphatic hydroxyl groups excluding tert-OH is 1. The van der Waals surface area contributed by atoms with E-state index in [9.17, 15) is 0 Å². The number of methoxy groups -OCH3 is 1. The Labute approximate surface area is 83.1 Å². The summed E-state index contributed by atoms with van der Waals surface area (Å²) in [5.41, 5.74) is 0.973. The SMILES string of the molecule is COc1cccc(Cl)c1CCCO. The first kappa shape index (κ1) is 10.4. The largest absolute Gasteiger partial charge is 0.496 e. The van der Waals surface area contributed by atoms with Crippen LogP contribution in [0.25, 0.3) is 0 Å². The van der Waals surface area contributed by atoms with Gasteiger partial charge in [-0.2, -0.15) is 0 Å². The van der Waals surface area contributed by atoms with Crippen LogP contribution in [-0.2, 0) is 6.42 Å². The molecule has 72 valence electrons. The summed E-state index contributed by atoms with van der Waals surface area (Å²) in [5, 5.41) is 9.40. The van der Waals surface area contributed by atoms with Gasteiger partial charge >= 0.3 is 0 Å². The predicted octanol–water partition coefficient (Wildman–Crippen LogP) is 2.27. The van der Waals surface area contributed by atoms with Gasteiger partial charge in [0.1, 0.15) is 5.75 Å². The maximum absolute atomic E-state index is 8.70. The van der Waals surface area contributed by atoms with E-state index >= 15 is 0 Å². The Morgan fingerprint density at radius 2 is 2.23 bits per heavy atom. The summed E-state index contributed by atoms with van der Waals surface area (Å²) in [6, 6.07) is 5.55. The minimum atomic E-state index is 0.175. The molecule has 1 aromatic rings. The highest BCUT2D eigenvalue weighted by molar-refractivity contribution is 6.31. The second-order valence-electron chi connectivity index (χ2n) is 2.75. The average molecular weight is 201 g/mol. The molecule has 0 bridgehead atoms. The van der Waals surface area contributed by atoms with Gasteiger partial charge in [-0.05, 0) is 25.0 Å². The van der Waals surface area contributed by atoms with Crippen molar-refractivity contribution in [1.29, 1.82) is 0 Å². The van der Waals surface area contributed by atoms with Crippen LogP contribution < -0.4 is 4.74 Å². The third-order valence-electron chi connectivity index (χ3n) is 1.88. The summed E-state index contributed by atoms with van der Waals surface area (Å²) in [5.74, 6) is 0.793. The Morgan fingerprint density at radius 3 is 2.85 bits per heavy atom. The molecule has 0 saturated carbocycles. The van der Waals surface area contributed by atoms with Gasteiger partial charge in [0.15, 0.2) is 0 Å². The summed E-state index contributed by atoms with van der Waals surface area (Å²) < 4.78 is 5.16. The first-order chi connectivity index (χ1) is 6.29. The molecule has 1 N–H and O–H groups in total. The van der Waals surface area contributed by atoms with E-state index in [0.717, 1.165) is 17.7 Å². The second-order valence-corrected chi connectivity index (χ2v) is 3.16. The van der Waals surface area contributed by atoms with Crippen LogP contribution in [-0.4, -0.2) is 18.8 Å². The van der Waals surface area contributed by atoms with Crippen molar-refractivity contribution in [1.82, 2.24) is 0 Å². The van der Waals surface area contributed by atoms with Crippen LogP contribution >= 0.6 is 11.6 Å². The van der Waals surface area contributed by atoms with Gasteiger partial charge in [-0.1, -0.05) is 17.7 Å². The van der Waals surface area contributed by atoms with E-state index in [1.807, 2.05) is 18.2 Å². The lowest BCUT2D eigenvalue weighted by Crippen LogP contribution is -1.95. The molecule has 2 nitrogen and oxygen atoms in total. The van der Waals surface area contributed by atoms with Crippen LogP contribution in [0.5, 0.6) is 5.75 Å². The lowest BCUT2D eigenvalue weighted by molar-refractivity contribution is 0.287. The standard InChI is InChI=1S/C10H13ClO2/c1-13-10-6-2-5-9(11)8(10)4-3-7-12/h2,5-6,12H,3-4,7H2,1H3. The molecule has 13 heavy (non-hydrogen) atoms. The second kappa shape index (κ2) is 5.10. The molecule has 0 amide bonds. The van der Waals surface area contributed by atoms with Crippen LogP contribution in [0.3, 0.4) is 0 Å². The Kier molecular flexibility index (Phi) is 4.06. The van der Waals surface area contributed by atoms with Crippen molar-refractivity contribution >= 4 is 11.6 Å². The summed E-state index contributed by atoms with van der Waals surface area (Å²) in [4.78, 5) is 0. The molecule has 0 radical (unpaired) electrons. The van der Waals surface area contributed by atoms with E-state index in [1.165, 1.54) is 0 Å². The van der Waals surface area contributed by atoms with Gasteiger partial charge in [-0.25, -0.2) is 0 Å². The van der Waals surface area contributed by atoms with Gasteiger partial charge in [0, 0.05) is 17.2 Å². The lowest BCUT2D eigenvalue weighted by Gasteiger charge is -2.08. The molecule has 0 aliphatic carbocycles. The van der Waals surface area contributed by atoms with E-state index in [0.29, 0.717) is 11.4 Å². The van der Waals surface area contributed by atoms with Crippen molar-refractivity contribution in [3.8, 4) is 5.75 Å². The van der Waals surface area contributed by atoms with Crippen LogP contribution in [0, 0.1) is 0 Å². The van der Waals surface area contributed by atoms with Crippen LogP contribution in [0.2, 0.25) is 5.02 Å². The Hall–Kier alpha value is -0.730. The van der Waals surface area contributed by atoms with Gasteiger partial charge in [0.25, 0.3) is 0 Å². The summed E-state index contributed by atoms with van der Waals surface area (Å²) in [6.45, 7) is 0.175. The van der Waals surface area contributed by atoms with E-state index in [1.54, 1.807) is 7.11 Å². The Balaban J connectivity index is 2.87. The molecule has 1 rings (SSSR count). The number of aliphatic hydroxyl groups is 1. The van der Waals surface area contributed by atoms with Crippen molar-refractivity contribution in [3.05, 3.63) is 28.8 Å². The highest BCUT2D eigenvalue weighted by Crippen LogP contribution is 2.27. The summed E-state index contributed by atoms with van der Waals surface area (Å²) in [7, 11) is 1.62. The third kappa shape index (κ3) is 2.61.